The van der Waals surface area contributed by atoms with Gasteiger partial charge in [-0.15, -0.1) is 10.2 Å². The van der Waals surface area contributed by atoms with Gasteiger partial charge in [0.05, 0.1) is 35.3 Å². The Bertz CT molecular complexity index is 4690. The molecule has 0 atom stereocenters. The number of hydrogen-bond acceptors (Lipinski definition) is 23. The second-order valence-corrected chi connectivity index (χ2v) is 28.5. The Kier molecular flexibility index (Phi) is 37.2. The van der Waals surface area contributed by atoms with E-state index in [0.29, 0.717) is 74.9 Å². The highest BCUT2D eigenvalue weighted by atomic mass is 79.9. The molecule has 0 spiro atoms. The van der Waals surface area contributed by atoms with Crippen molar-refractivity contribution in [3.8, 4) is 50.9 Å². The molecule has 0 bridgehead atoms. The number of Topliss-reactive ketones (excluding diaryl/α,β-unsaturated/α-hetero) is 6. The predicted molar refractivity (Wildman–Crippen MR) is 434 cm³/mol. The Morgan fingerprint density at radius 3 is 1.79 bits per heavy atom. The number of nitrogens with zero attached hydrogens (tertiary/aromatic N) is 6. The van der Waals surface area contributed by atoms with E-state index in [9.17, 15) is 41.6 Å². The SMILES string of the molecule is CCN(c1ccccc1)S(=O)(=O)c1ccccc1CC(=O)CS.N#Cc1cc(CC(=O)CS)ccc1F.O=C(CS)Cc1cc(-c2ccc(Cl)cc2)no1.O=C(CS)Cc1cc(-c2ccco2)n[nH]1.O=C(CS)Cc1cc(Cl)ccc1Oc1ccccc1.O=C(CS)Cc1nnc(-c2ccc(Br)cc2)s1. The fourth-order valence-corrected chi connectivity index (χ4v) is 12.9. The van der Waals surface area contributed by atoms with E-state index in [4.69, 9.17) is 42.1 Å². The Labute approximate surface area is 662 Å². The van der Waals surface area contributed by atoms with Crippen LogP contribution in [0.5, 0.6) is 11.5 Å². The van der Waals surface area contributed by atoms with Gasteiger partial charge in [-0.05, 0) is 121 Å². The Morgan fingerprint density at radius 2 is 1.17 bits per heavy atom. The van der Waals surface area contributed by atoms with Gasteiger partial charge < -0.3 is 13.7 Å². The number of ketones is 6. The number of nitriles is 1. The van der Waals surface area contributed by atoms with Gasteiger partial charge in [0, 0.05) is 110 Å². The highest BCUT2D eigenvalue weighted by Crippen LogP contribution is 2.31. The lowest BCUT2D eigenvalue weighted by atomic mass is 10.1. The van der Waals surface area contributed by atoms with Gasteiger partial charge in [-0.2, -0.15) is 86.1 Å². The number of aromatic amines is 1. The summed E-state index contributed by atoms with van der Waals surface area (Å²) in [5, 5.41) is 30.2. The number of H-pyrrole nitrogens is 1. The average Bonchev–Trinajstić information content (AvgIpc) is 1.35. The van der Waals surface area contributed by atoms with Crippen molar-refractivity contribution in [2.24, 2.45) is 0 Å². The first-order chi connectivity index (χ1) is 50.5. The Morgan fingerprint density at radius 1 is 0.600 bits per heavy atom. The van der Waals surface area contributed by atoms with Gasteiger partial charge in [-0.1, -0.05) is 141 Å². The molecule has 11 aromatic rings. The maximum atomic E-state index is 13.1. The molecule has 0 aliphatic carbocycles. The number of benzene rings is 7. The lowest BCUT2D eigenvalue weighted by Crippen LogP contribution is -2.31. The molecule has 105 heavy (non-hydrogen) atoms. The number of hydrogen-bond donors (Lipinski definition) is 7. The number of furan rings is 1. The van der Waals surface area contributed by atoms with Crippen molar-refractivity contribution in [2.75, 3.05) is 45.4 Å². The molecular formula is C75H69BrCl2FN7O11S8. The van der Waals surface area contributed by atoms with Gasteiger partial charge in [0.15, 0.2) is 5.76 Å². The summed E-state index contributed by atoms with van der Waals surface area (Å²) in [4.78, 5) is 67.9. The molecule has 0 radical (unpaired) electrons. The second-order valence-electron chi connectivity index (χ2n) is 21.9. The molecule has 18 nitrogen and oxygen atoms in total. The van der Waals surface area contributed by atoms with Gasteiger partial charge >= 0.3 is 0 Å². The lowest BCUT2D eigenvalue weighted by Gasteiger charge is -2.24. The molecule has 30 heteroatoms. The molecule has 0 saturated heterocycles. The van der Waals surface area contributed by atoms with Crippen LogP contribution in [0.15, 0.2) is 219 Å². The normalized spacial score (nSPS) is 10.5. The molecule has 0 aliphatic rings. The molecule has 0 unspecified atom stereocenters. The first kappa shape index (κ1) is 85.9. The van der Waals surface area contributed by atoms with Gasteiger partial charge in [0.1, 0.15) is 85.2 Å². The number of aromatic nitrogens is 5. The van der Waals surface area contributed by atoms with E-state index < -0.39 is 15.8 Å². The quantitative estimate of drug-likeness (QED) is 0.0236. The van der Waals surface area contributed by atoms with Gasteiger partial charge in [0.2, 0.25) is 0 Å². The van der Waals surface area contributed by atoms with Crippen LogP contribution in [0.25, 0.3) is 33.3 Å². The molecule has 4 heterocycles. The number of carbonyl (C=O) groups excluding carboxylic acids is 6. The molecule has 4 aromatic heterocycles. The van der Waals surface area contributed by atoms with Crippen LogP contribution in [0.2, 0.25) is 10.0 Å². The highest BCUT2D eigenvalue weighted by Gasteiger charge is 2.27. The molecule has 1 N–H and O–H groups in total. The van der Waals surface area contributed by atoms with Crippen molar-refractivity contribution in [2.45, 2.75) is 50.3 Å². The summed E-state index contributed by atoms with van der Waals surface area (Å²) in [5.74, 6) is 3.19. The maximum Gasteiger partial charge on any atom is 0.264 e. The molecule has 546 valence electrons. The minimum absolute atomic E-state index is 0.00661. The van der Waals surface area contributed by atoms with E-state index in [1.807, 2.05) is 78.9 Å². The number of anilines is 1. The van der Waals surface area contributed by atoms with Crippen LogP contribution in [0.4, 0.5) is 10.1 Å². The van der Waals surface area contributed by atoms with Crippen LogP contribution in [-0.4, -0.2) is 110 Å². The summed E-state index contributed by atoms with van der Waals surface area (Å²) in [6, 6.07) is 58.3. The zero-order valence-electron chi connectivity index (χ0n) is 55.9. The van der Waals surface area contributed by atoms with E-state index in [1.165, 1.54) is 33.8 Å². The fourth-order valence-electron chi connectivity index (χ4n) is 9.03. The van der Waals surface area contributed by atoms with E-state index in [1.54, 1.807) is 116 Å². The number of halogens is 4. The van der Waals surface area contributed by atoms with Crippen LogP contribution in [0, 0.1) is 17.1 Å². The van der Waals surface area contributed by atoms with Crippen molar-refractivity contribution >= 4 is 177 Å². The first-order valence-corrected chi connectivity index (χ1v) is 39.1. The summed E-state index contributed by atoms with van der Waals surface area (Å²) in [7, 11) is -3.73. The van der Waals surface area contributed by atoms with Crippen LogP contribution in [0.1, 0.15) is 45.6 Å². The molecule has 0 saturated carbocycles. The Balaban J connectivity index is 0.000000199. The molecule has 0 amide bonds. The largest absolute Gasteiger partial charge is 0.463 e. The van der Waals surface area contributed by atoms with E-state index in [-0.39, 0.29) is 105 Å². The first-order valence-electron chi connectivity index (χ1n) is 31.5. The zero-order chi connectivity index (χ0) is 76.3. The molecule has 7 aromatic carbocycles. The van der Waals surface area contributed by atoms with Crippen LogP contribution in [-0.2, 0) is 77.3 Å². The minimum atomic E-state index is -3.73. The van der Waals surface area contributed by atoms with E-state index in [2.05, 4.69) is 117 Å². The van der Waals surface area contributed by atoms with Crippen molar-refractivity contribution in [1.29, 1.82) is 5.26 Å². The molecule has 0 fully saturated rings. The topological polar surface area (TPSA) is 266 Å². The summed E-state index contributed by atoms with van der Waals surface area (Å²) in [6.07, 6.45) is 2.98. The number of thiol groups is 6. The van der Waals surface area contributed by atoms with E-state index >= 15 is 0 Å². The smallest absolute Gasteiger partial charge is 0.264 e. The highest BCUT2D eigenvalue weighted by molar-refractivity contribution is 9.10. The lowest BCUT2D eigenvalue weighted by molar-refractivity contribution is -0.117. The zero-order valence-corrected chi connectivity index (χ0v) is 66.0. The third-order valence-electron chi connectivity index (χ3n) is 14.0. The summed E-state index contributed by atoms with van der Waals surface area (Å²) >= 11 is 40.1. The average molecular weight is 1670 g/mol. The van der Waals surface area contributed by atoms with Crippen molar-refractivity contribution in [3.63, 3.8) is 0 Å². The maximum absolute atomic E-state index is 13.1. The van der Waals surface area contributed by atoms with Crippen LogP contribution in [0.3, 0.4) is 0 Å². The number of sulfonamides is 1. The number of ether oxygens (including phenoxy) is 1. The molecule has 11 rings (SSSR count). The Hall–Kier alpha value is -8.05. The molecule has 0 aliphatic heterocycles. The second kappa shape index (κ2) is 45.5. The van der Waals surface area contributed by atoms with E-state index in [0.717, 1.165) is 42.6 Å². The van der Waals surface area contributed by atoms with Gasteiger partial charge in [-0.25, -0.2) is 12.8 Å². The number of para-hydroxylation sites is 2. The van der Waals surface area contributed by atoms with Crippen molar-refractivity contribution < 1.29 is 55.3 Å². The van der Waals surface area contributed by atoms with Gasteiger partial charge in [0.25, 0.3) is 10.0 Å². The minimum Gasteiger partial charge on any atom is -0.463 e. The summed E-state index contributed by atoms with van der Waals surface area (Å²) in [6.45, 7) is 2.09. The van der Waals surface area contributed by atoms with Crippen molar-refractivity contribution in [1.82, 2.24) is 25.6 Å². The monoisotopic (exact) mass is 1670 g/mol. The summed E-state index contributed by atoms with van der Waals surface area (Å²) < 4.78 is 57.4. The van der Waals surface area contributed by atoms with Gasteiger partial charge in [-0.3, -0.25) is 38.2 Å². The fraction of sp³-hybridized carbons (Fsp3) is 0.187. The standard InChI is InChI=1S/C17H19NO3S2.C15H13ClO2S.C12H10ClNO2S.C11H9BrN2OS2.C10H8FNOS.C10H10N2O2S/c1-2-18(15-9-4-3-5-10-15)23(20,21)17-11-7-6-8-14(17)12-16(19)13-22;16-12-6-7-15(11(8-12)9-13(17)10-19)18-14-4-2-1-3-5-14;13-9-3-1-8(2-4-9)12-6-11(16-14-12)5-10(15)7-17;12-8-3-1-7(2-4-8)11-14-13-10(17-11)5-9(15)6-16;11-10-2-1-7(3-8(10)5-12)4-9(13)6-14;13-8(6-15)4-7-5-9(12-11-7)10-2-1-3-14-10/h3-11,22H,2,12-13H2,1H3;1-8,19H,9-10H2;1-4,6,17H,5,7H2;1-4,16H,5-6H2;1-3,14H,4,6H2;1-3,5,15H,4,6H2,(H,11,12). The number of nitrogens with one attached hydrogen (secondary N) is 1. The summed E-state index contributed by atoms with van der Waals surface area (Å²) in [5.41, 5.74) is 6.59. The third-order valence-corrected chi connectivity index (χ3v) is 20.1. The predicted octanol–water partition coefficient (Wildman–Crippen LogP) is 16.6. The third kappa shape index (κ3) is 29.0. The van der Waals surface area contributed by atoms with Crippen LogP contribution >= 0.6 is 126 Å². The van der Waals surface area contributed by atoms with Crippen molar-refractivity contribution in [3.05, 3.63) is 259 Å². The van der Waals surface area contributed by atoms with Crippen LogP contribution < -0.4 is 9.04 Å². The molecular weight excluding hydrogens is 1600 g/mol. The number of rotatable bonds is 27. The number of carbonyl (C=O) groups is 6.